The molecule has 1 N–H and O–H groups in total. The summed E-state index contributed by atoms with van der Waals surface area (Å²) in [4.78, 5) is 10.9. The van der Waals surface area contributed by atoms with Crippen molar-refractivity contribution in [1.29, 1.82) is 0 Å². The minimum atomic E-state index is -0.0290. The Bertz CT molecular complexity index is 282. The number of carbonyl (C=O) groups is 1. The minimum Gasteiger partial charge on any atom is -0.307 e. The van der Waals surface area contributed by atoms with Crippen molar-refractivity contribution in [3.05, 3.63) is 35.9 Å². The maximum atomic E-state index is 10.9. The first kappa shape index (κ1) is 10.9. The van der Waals surface area contributed by atoms with Gasteiger partial charge in [0.2, 0.25) is 0 Å². The molecule has 1 aromatic carbocycles. The SMILES string of the molecule is CC(=O)C(C)NCCc1ccccc1. The second-order valence-corrected chi connectivity index (χ2v) is 3.52. The summed E-state index contributed by atoms with van der Waals surface area (Å²) < 4.78 is 0. The smallest absolute Gasteiger partial charge is 0.146 e. The highest BCUT2D eigenvalue weighted by molar-refractivity contribution is 5.80. The fraction of sp³-hybridized carbons (Fsp3) is 0.417. The van der Waals surface area contributed by atoms with Crippen molar-refractivity contribution >= 4 is 5.78 Å². The number of nitrogens with one attached hydrogen (secondary N) is 1. The van der Waals surface area contributed by atoms with E-state index >= 15 is 0 Å². The van der Waals surface area contributed by atoms with Gasteiger partial charge in [-0.15, -0.1) is 0 Å². The van der Waals surface area contributed by atoms with E-state index in [9.17, 15) is 4.79 Å². The van der Waals surface area contributed by atoms with Gasteiger partial charge >= 0.3 is 0 Å². The summed E-state index contributed by atoms with van der Waals surface area (Å²) in [5.41, 5.74) is 1.30. The highest BCUT2D eigenvalue weighted by Crippen LogP contribution is 1.98. The third-order valence-electron chi connectivity index (χ3n) is 2.32. The van der Waals surface area contributed by atoms with Crippen LogP contribution in [0.4, 0.5) is 0 Å². The maximum Gasteiger partial charge on any atom is 0.146 e. The van der Waals surface area contributed by atoms with E-state index in [1.165, 1.54) is 5.56 Å². The monoisotopic (exact) mass is 191 g/mol. The molecular weight excluding hydrogens is 174 g/mol. The van der Waals surface area contributed by atoms with E-state index in [1.54, 1.807) is 6.92 Å². The largest absolute Gasteiger partial charge is 0.307 e. The van der Waals surface area contributed by atoms with E-state index < -0.39 is 0 Å². The predicted octanol–water partition coefficient (Wildman–Crippen LogP) is 1.80. The van der Waals surface area contributed by atoms with Gasteiger partial charge in [-0.05, 0) is 32.4 Å². The summed E-state index contributed by atoms with van der Waals surface area (Å²) in [6.45, 7) is 4.36. The second-order valence-electron chi connectivity index (χ2n) is 3.52. The van der Waals surface area contributed by atoms with Gasteiger partial charge in [0.1, 0.15) is 5.78 Å². The van der Waals surface area contributed by atoms with Crippen molar-refractivity contribution in [1.82, 2.24) is 5.32 Å². The topological polar surface area (TPSA) is 29.1 Å². The summed E-state index contributed by atoms with van der Waals surface area (Å²) >= 11 is 0. The normalized spacial score (nSPS) is 12.4. The molecule has 0 heterocycles. The number of ketones is 1. The van der Waals surface area contributed by atoms with Gasteiger partial charge in [-0.2, -0.15) is 0 Å². The van der Waals surface area contributed by atoms with Crippen LogP contribution in [0.25, 0.3) is 0 Å². The van der Waals surface area contributed by atoms with E-state index in [4.69, 9.17) is 0 Å². The quantitative estimate of drug-likeness (QED) is 0.769. The second kappa shape index (κ2) is 5.55. The van der Waals surface area contributed by atoms with Crippen molar-refractivity contribution in [2.24, 2.45) is 0 Å². The molecule has 1 unspecified atom stereocenters. The van der Waals surface area contributed by atoms with Gasteiger partial charge in [0.25, 0.3) is 0 Å². The van der Waals surface area contributed by atoms with E-state index in [-0.39, 0.29) is 11.8 Å². The molecule has 14 heavy (non-hydrogen) atoms. The van der Waals surface area contributed by atoms with Crippen molar-refractivity contribution in [2.45, 2.75) is 26.3 Å². The Kier molecular flexibility index (Phi) is 4.33. The van der Waals surface area contributed by atoms with Gasteiger partial charge in [0, 0.05) is 0 Å². The Morgan fingerprint density at radius 3 is 2.57 bits per heavy atom. The first-order valence-corrected chi connectivity index (χ1v) is 4.98. The van der Waals surface area contributed by atoms with Gasteiger partial charge < -0.3 is 5.32 Å². The summed E-state index contributed by atoms with van der Waals surface area (Å²) in [5, 5.41) is 3.18. The lowest BCUT2D eigenvalue weighted by Gasteiger charge is -2.09. The molecule has 0 aromatic heterocycles. The van der Waals surface area contributed by atoms with Crippen LogP contribution in [0.5, 0.6) is 0 Å². The Morgan fingerprint density at radius 1 is 1.36 bits per heavy atom. The number of hydrogen-bond donors (Lipinski definition) is 1. The molecule has 0 aliphatic heterocycles. The summed E-state index contributed by atoms with van der Waals surface area (Å²) in [6, 6.07) is 10.2. The van der Waals surface area contributed by atoms with Crippen LogP contribution in [0.1, 0.15) is 19.4 Å². The zero-order valence-electron chi connectivity index (χ0n) is 8.79. The van der Waals surface area contributed by atoms with Crippen LogP contribution < -0.4 is 5.32 Å². The molecule has 0 aliphatic carbocycles. The zero-order chi connectivity index (χ0) is 10.4. The highest BCUT2D eigenvalue weighted by atomic mass is 16.1. The van der Waals surface area contributed by atoms with Crippen molar-refractivity contribution in [2.75, 3.05) is 6.54 Å². The molecule has 1 aromatic rings. The van der Waals surface area contributed by atoms with E-state index in [1.807, 2.05) is 25.1 Å². The molecule has 1 rings (SSSR count). The van der Waals surface area contributed by atoms with Gasteiger partial charge in [-0.3, -0.25) is 4.79 Å². The van der Waals surface area contributed by atoms with Crippen LogP contribution in [-0.4, -0.2) is 18.4 Å². The maximum absolute atomic E-state index is 10.9. The fourth-order valence-electron chi connectivity index (χ4n) is 1.22. The van der Waals surface area contributed by atoms with Crippen molar-refractivity contribution in [3.63, 3.8) is 0 Å². The number of hydrogen-bond acceptors (Lipinski definition) is 2. The van der Waals surface area contributed by atoms with Crippen LogP contribution >= 0.6 is 0 Å². The molecule has 0 saturated heterocycles. The Hall–Kier alpha value is -1.15. The first-order chi connectivity index (χ1) is 6.70. The van der Waals surface area contributed by atoms with Gasteiger partial charge in [0.15, 0.2) is 0 Å². The van der Waals surface area contributed by atoms with E-state index in [2.05, 4.69) is 17.4 Å². The Morgan fingerprint density at radius 2 is 2.00 bits per heavy atom. The fourth-order valence-corrected chi connectivity index (χ4v) is 1.22. The van der Waals surface area contributed by atoms with Crippen LogP contribution in [0.2, 0.25) is 0 Å². The van der Waals surface area contributed by atoms with Crippen LogP contribution in [0.15, 0.2) is 30.3 Å². The average Bonchev–Trinajstić information content (AvgIpc) is 2.19. The van der Waals surface area contributed by atoms with E-state index in [0.29, 0.717) is 0 Å². The summed E-state index contributed by atoms with van der Waals surface area (Å²) in [5.74, 6) is 0.193. The third-order valence-corrected chi connectivity index (χ3v) is 2.32. The van der Waals surface area contributed by atoms with E-state index in [0.717, 1.165) is 13.0 Å². The molecule has 0 bridgehead atoms. The lowest BCUT2D eigenvalue weighted by atomic mass is 10.1. The minimum absolute atomic E-state index is 0.0290. The summed E-state index contributed by atoms with van der Waals surface area (Å²) in [7, 11) is 0. The molecule has 0 amide bonds. The van der Waals surface area contributed by atoms with Gasteiger partial charge in [-0.1, -0.05) is 30.3 Å². The number of Topliss-reactive ketones (excluding diaryl/α,β-unsaturated/α-hetero) is 1. The standard InChI is InChI=1S/C12H17NO/c1-10(11(2)14)13-9-8-12-6-4-3-5-7-12/h3-7,10,13H,8-9H2,1-2H3. The van der Waals surface area contributed by atoms with Crippen LogP contribution in [-0.2, 0) is 11.2 Å². The molecule has 0 saturated carbocycles. The molecule has 76 valence electrons. The van der Waals surface area contributed by atoms with Crippen molar-refractivity contribution in [3.8, 4) is 0 Å². The van der Waals surface area contributed by atoms with Crippen molar-refractivity contribution < 1.29 is 4.79 Å². The third kappa shape index (κ3) is 3.71. The zero-order valence-corrected chi connectivity index (χ0v) is 8.79. The van der Waals surface area contributed by atoms with Crippen LogP contribution in [0.3, 0.4) is 0 Å². The summed E-state index contributed by atoms with van der Waals surface area (Å²) in [6.07, 6.45) is 0.971. The van der Waals surface area contributed by atoms with Crippen LogP contribution in [0, 0.1) is 0 Å². The first-order valence-electron chi connectivity index (χ1n) is 4.98. The lowest BCUT2D eigenvalue weighted by Crippen LogP contribution is -2.33. The van der Waals surface area contributed by atoms with Gasteiger partial charge in [-0.25, -0.2) is 0 Å². The molecule has 1 atom stereocenters. The number of rotatable bonds is 5. The molecule has 2 nitrogen and oxygen atoms in total. The number of benzene rings is 1. The molecule has 0 spiro atoms. The Balaban J connectivity index is 2.26. The highest BCUT2D eigenvalue weighted by Gasteiger charge is 2.04. The molecular formula is C12H17NO. The number of carbonyl (C=O) groups excluding carboxylic acids is 1. The average molecular weight is 191 g/mol. The molecule has 0 aliphatic rings. The molecule has 0 fully saturated rings. The van der Waals surface area contributed by atoms with Gasteiger partial charge in [0.05, 0.1) is 6.04 Å². The molecule has 2 heteroatoms. The lowest BCUT2D eigenvalue weighted by molar-refractivity contribution is -0.118. The Labute approximate surface area is 85.3 Å². The molecule has 0 radical (unpaired) electrons. The predicted molar refractivity (Wildman–Crippen MR) is 58.3 cm³/mol.